The van der Waals surface area contributed by atoms with Gasteiger partial charge in [-0.3, -0.25) is 9.69 Å². The van der Waals surface area contributed by atoms with Crippen LogP contribution in [0.25, 0.3) is 0 Å². The Kier molecular flexibility index (Phi) is 6.14. The fraction of sp³-hybridized carbons (Fsp3) is 0.611. The second-order valence-corrected chi connectivity index (χ2v) is 7.62. The van der Waals surface area contributed by atoms with E-state index in [1.54, 1.807) is 0 Å². The van der Waals surface area contributed by atoms with Crippen LogP contribution in [0.3, 0.4) is 0 Å². The number of ether oxygens (including phenoxy) is 1. The first-order valence-electron chi connectivity index (χ1n) is 8.74. The summed E-state index contributed by atoms with van der Waals surface area (Å²) in [6.45, 7) is 7.88. The van der Waals surface area contributed by atoms with Gasteiger partial charge in [0.1, 0.15) is 12.4 Å². The molecule has 3 rings (SSSR count). The van der Waals surface area contributed by atoms with Gasteiger partial charge in [0.15, 0.2) is 0 Å². The van der Waals surface area contributed by atoms with E-state index in [4.69, 9.17) is 4.74 Å². The van der Waals surface area contributed by atoms with Crippen molar-refractivity contribution in [2.75, 3.05) is 39.3 Å². The van der Waals surface area contributed by atoms with Gasteiger partial charge in [0.05, 0.1) is 6.04 Å². The van der Waals surface area contributed by atoms with Crippen molar-refractivity contribution in [2.45, 2.75) is 31.8 Å². The zero-order valence-electron chi connectivity index (χ0n) is 14.2. The van der Waals surface area contributed by atoms with Crippen molar-refractivity contribution in [1.29, 1.82) is 0 Å². The summed E-state index contributed by atoms with van der Waals surface area (Å²) in [4.78, 5) is 16.0. The van der Waals surface area contributed by atoms with Crippen LogP contribution in [-0.2, 0) is 11.2 Å². The van der Waals surface area contributed by atoms with Crippen molar-refractivity contribution in [3.05, 3.63) is 28.2 Å². The van der Waals surface area contributed by atoms with Gasteiger partial charge in [-0.25, -0.2) is 0 Å². The van der Waals surface area contributed by atoms with E-state index in [-0.39, 0.29) is 6.04 Å². The topological polar surface area (TPSA) is 44.8 Å². The largest absolute Gasteiger partial charge is 0.491 e. The summed E-state index contributed by atoms with van der Waals surface area (Å²) < 4.78 is 6.90. The van der Waals surface area contributed by atoms with E-state index in [0.717, 1.165) is 62.2 Å². The van der Waals surface area contributed by atoms with E-state index in [1.165, 1.54) is 5.56 Å². The molecular weight excluding hydrogens is 370 g/mol. The van der Waals surface area contributed by atoms with Gasteiger partial charge < -0.3 is 15.0 Å². The number of halogens is 1. The van der Waals surface area contributed by atoms with Crippen LogP contribution in [0.1, 0.15) is 18.9 Å². The van der Waals surface area contributed by atoms with Gasteiger partial charge in [0.25, 0.3) is 0 Å². The Balaban J connectivity index is 1.52. The fourth-order valence-corrected chi connectivity index (χ4v) is 3.96. The van der Waals surface area contributed by atoms with Crippen molar-refractivity contribution < 1.29 is 9.53 Å². The third-order valence-electron chi connectivity index (χ3n) is 5.01. The molecule has 24 heavy (non-hydrogen) atoms. The van der Waals surface area contributed by atoms with Gasteiger partial charge >= 0.3 is 0 Å². The van der Waals surface area contributed by atoms with Gasteiger partial charge in [-0.2, -0.15) is 0 Å². The SMILES string of the molecule is CC1CNCCN1CCCN(C=O)C1COc2ccc(Br)cc2C1. The molecular formula is C18H26BrN3O2. The van der Waals surface area contributed by atoms with Gasteiger partial charge in [-0.1, -0.05) is 15.9 Å². The third-order valence-corrected chi connectivity index (χ3v) is 5.51. The van der Waals surface area contributed by atoms with Gasteiger partial charge in [-0.15, -0.1) is 0 Å². The number of nitrogens with one attached hydrogen (secondary N) is 1. The van der Waals surface area contributed by atoms with Crippen molar-refractivity contribution in [3.63, 3.8) is 0 Å². The summed E-state index contributed by atoms with van der Waals surface area (Å²) in [6.07, 6.45) is 2.85. The lowest BCUT2D eigenvalue weighted by molar-refractivity contribution is -0.121. The van der Waals surface area contributed by atoms with E-state index >= 15 is 0 Å². The predicted octanol–water partition coefficient (Wildman–Crippen LogP) is 1.89. The molecule has 0 spiro atoms. The van der Waals surface area contributed by atoms with E-state index in [9.17, 15) is 4.79 Å². The summed E-state index contributed by atoms with van der Waals surface area (Å²) in [5.74, 6) is 0.940. The van der Waals surface area contributed by atoms with Crippen LogP contribution in [0.4, 0.5) is 0 Å². The van der Waals surface area contributed by atoms with Crippen LogP contribution in [0, 0.1) is 0 Å². The second-order valence-electron chi connectivity index (χ2n) is 6.71. The van der Waals surface area contributed by atoms with E-state index in [2.05, 4.69) is 39.1 Å². The minimum atomic E-state index is 0.129. The minimum absolute atomic E-state index is 0.129. The average molecular weight is 396 g/mol. The van der Waals surface area contributed by atoms with Crippen LogP contribution in [0.2, 0.25) is 0 Å². The molecule has 0 saturated carbocycles. The maximum atomic E-state index is 11.6. The second kappa shape index (κ2) is 8.32. The molecule has 6 heteroatoms. The van der Waals surface area contributed by atoms with Crippen molar-refractivity contribution in [2.24, 2.45) is 0 Å². The highest BCUT2D eigenvalue weighted by atomic mass is 79.9. The number of carbonyl (C=O) groups excluding carboxylic acids is 1. The van der Waals surface area contributed by atoms with E-state index in [0.29, 0.717) is 12.6 Å². The zero-order chi connectivity index (χ0) is 16.9. The molecule has 5 nitrogen and oxygen atoms in total. The highest BCUT2D eigenvalue weighted by Crippen LogP contribution is 2.29. The van der Waals surface area contributed by atoms with Crippen molar-refractivity contribution in [1.82, 2.24) is 15.1 Å². The quantitative estimate of drug-likeness (QED) is 0.747. The highest BCUT2D eigenvalue weighted by Gasteiger charge is 2.25. The first-order valence-corrected chi connectivity index (χ1v) is 9.53. The first-order chi connectivity index (χ1) is 11.7. The van der Waals surface area contributed by atoms with Crippen molar-refractivity contribution in [3.8, 4) is 5.75 Å². The molecule has 132 valence electrons. The summed E-state index contributed by atoms with van der Waals surface area (Å²) >= 11 is 3.51. The number of nitrogens with zero attached hydrogens (tertiary/aromatic N) is 2. The van der Waals surface area contributed by atoms with E-state index in [1.807, 2.05) is 17.0 Å². The normalized spacial score (nSPS) is 24.1. The number of carbonyl (C=O) groups is 1. The molecule has 1 amide bonds. The van der Waals surface area contributed by atoms with Crippen LogP contribution < -0.4 is 10.1 Å². The standard InChI is InChI=1S/C18H26BrN3O2/c1-14-11-20-5-8-21(14)6-2-7-22(13-23)17-10-15-9-16(19)3-4-18(15)24-12-17/h3-4,9,13-14,17,20H,2,5-8,10-12H2,1H3. The molecule has 2 atom stereocenters. The molecule has 1 aromatic carbocycles. The maximum absolute atomic E-state index is 11.6. The van der Waals surface area contributed by atoms with Gasteiger partial charge in [-0.05, 0) is 43.5 Å². The lowest BCUT2D eigenvalue weighted by Gasteiger charge is -2.36. The molecule has 1 aromatic rings. The Hall–Kier alpha value is -1.11. The van der Waals surface area contributed by atoms with Crippen molar-refractivity contribution >= 4 is 22.3 Å². The number of amides is 1. The molecule has 2 heterocycles. The molecule has 0 aromatic heterocycles. The van der Waals surface area contributed by atoms with Gasteiger partial charge in [0, 0.05) is 43.2 Å². The highest BCUT2D eigenvalue weighted by molar-refractivity contribution is 9.10. The molecule has 1 fully saturated rings. The summed E-state index contributed by atoms with van der Waals surface area (Å²) in [5, 5.41) is 3.41. The Morgan fingerprint density at radius 3 is 3.17 bits per heavy atom. The minimum Gasteiger partial charge on any atom is -0.491 e. The smallest absolute Gasteiger partial charge is 0.210 e. The molecule has 0 aliphatic carbocycles. The molecule has 2 aliphatic rings. The van der Waals surface area contributed by atoms with Crippen LogP contribution in [0.5, 0.6) is 5.75 Å². The lowest BCUT2D eigenvalue weighted by atomic mass is 10.0. The third kappa shape index (κ3) is 4.29. The average Bonchev–Trinajstić information content (AvgIpc) is 2.59. The molecule has 1 saturated heterocycles. The van der Waals surface area contributed by atoms with Crippen LogP contribution in [-0.4, -0.2) is 67.6 Å². The number of benzene rings is 1. The first kappa shape index (κ1) is 17.7. The number of hydrogen-bond acceptors (Lipinski definition) is 4. The Bertz CT molecular complexity index is 569. The van der Waals surface area contributed by atoms with Crippen LogP contribution in [0.15, 0.2) is 22.7 Å². The van der Waals surface area contributed by atoms with E-state index < -0.39 is 0 Å². The van der Waals surface area contributed by atoms with Crippen LogP contribution >= 0.6 is 15.9 Å². The number of piperazine rings is 1. The number of rotatable bonds is 6. The summed E-state index contributed by atoms with van der Waals surface area (Å²) in [7, 11) is 0. The lowest BCUT2D eigenvalue weighted by Crippen LogP contribution is -2.50. The zero-order valence-corrected chi connectivity index (χ0v) is 15.8. The molecule has 2 unspecified atom stereocenters. The predicted molar refractivity (Wildman–Crippen MR) is 98.4 cm³/mol. The summed E-state index contributed by atoms with van der Waals surface area (Å²) in [6, 6.07) is 6.78. The molecule has 0 bridgehead atoms. The summed E-state index contributed by atoms with van der Waals surface area (Å²) in [5.41, 5.74) is 1.17. The Labute approximate surface area is 152 Å². The Morgan fingerprint density at radius 1 is 1.50 bits per heavy atom. The maximum Gasteiger partial charge on any atom is 0.210 e. The van der Waals surface area contributed by atoms with Gasteiger partial charge in [0.2, 0.25) is 6.41 Å². The Morgan fingerprint density at radius 2 is 2.38 bits per heavy atom. The number of fused-ring (bicyclic) bond motifs is 1. The molecule has 0 radical (unpaired) electrons. The number of hydrogen-bond donors (Lipinski definition) is 1. The monoisotopic (exact) mass is 395 g/mol. The fourth-order valence-electron chi connectivity index (χ4n) is 3.55. The molecule has 1 N–H and O–H groups in total. The molecule has 2 aliphatic heterocycles.